The molecule has 1 aliphatic heterocycles. The van der Waals surface area contributed by atoms with Gasteiger partial charge in [0.05, 0.1) is 5.69 Å². The van der Waals surface area contributed by atoms with E-state index in [1.54, 1.807) is 6.26 Å². The molecule has 4 nitrogen and oxygen atoms in total. The molecule has 2 heterocycles. The van der Waals surface area contributed by atoms with Crippen molar-refractivity contribution in [3.8, 4) is 0 Å². The van der Waals surface area contributed by atoms with Crippen LogP contribution in [0.5, 0.6) is 0 Å². The van der Waals surface area contributed by atoms with Crippen LogP contribution in [0.15, 0.2) is 10.7 Å². The van der Waals surface area contributed by atoms with Gasteiger partial charge in [-0.3, -0.25) is 0 Å². The number of oxazole rings is 1. The van der Waals surface area contributed by atoms with Crippen molar-refractivity contribution in [1.29, 1.82) is 0 Å². The van der Waals surface area contributed by atoms with Gasteiger partial charge in [-0.2, -0.15) is 0 Å². The smallest absolute Gasteiger partial charge is 0.197 e. The first-order valence-corrected chi connectivity index (χ1v) is 5.20. The largest absolute Gasteiger partial charge is 0.448 e. The molecule has 78 valence electrons. The topological polar surface area (TPSA) is 50.1 Å². The molecule has 0 unspecified atom stereocenters. The summed E-state index contributed by atoms with van der Waals surface area (Å²) in [5, 5.41) is 6.40. The second kappa shape index (κ2) is 4.57. The van der Waals surface area contributed by atoms with Gasteiger partial charge in [0.2, 0.25) is 0 Å². The molecule has 1 aromatic heterocycles. The molecular weight excluding hydrogens is 178 g/mol. The molecule has 0 amide bonds. The molecule has 0 aliphatic carbocycles. The molecule has 1 saturated heterocycles. The van der Waals surface area contributed by atoms with Gasteiger partial charge in [-0.05, 0) is 33.0 Å². The van der Waals surface area contributed by atoms with E-state index in [0.717, 1.165) is 44.1 Å². The fraction of sp³-hybridized carbons (Fsp3) is 0.700. The molecule has 0 radical (unpaired) electrons. The molecule has 0 aromatic carbocycles. The molecular formula is C10H17N3O. The van der Waals surface area contributed by atoms with Gasteiger partial charge in [0.15, 0.2) is 5.89 Å². The van der Waals surface area contributed by atoms with E-state index in [9.17, 15) is 0 Å². The highest BCUT2D eigenvalue weighted by molar-refractivity contribution is 5.01. The van der Waals surface area contributed by atoms with Crippen LogP contribution in [0.4, 0.5) is 0 Å². The summed E-state index contributed by atoms with van der Waals surface area (Å²) < 4.78 is 5.48. The second-order valence-corrected chi connectivity index (χ2v) is 3.73. The van der Waals surface area contributed by atoms with Crippen molar-refractivity contribution in [2.45, 2.75) is 25.3 Å². The van der Waals surface area contributed by atoms with Crippen molar-refractivity contribution in [1.82, 2.24) is 15.6 Å². The monoisotopic (exact) mass is 195 g/mol. The molecule has 14 heavy (non-hydrogen) atoms. The lowest BCUT2D eigenvalue weighted by Crippen LogP contribution is -2.26. The summed E-state index contributed by atoms with van der Waals surface area (Å²) in [4.78, 5) is 4.47. The lowest BCUT2D eigenvalue weighted by Gasteiger charge is -2.19. The molecule has 1 aromatic rings. The lowest BCUT2D eigenvalue weighted by molar-refractivity contribution is 0.374. The standard InChI is InChI=1S/C10H17N3O/c1-11-6-9-7-14-10(13-9)8-2-4-12-5-3-8/h7-8,11-12H,2-6H2,1H3. The first-order chi connectivity index (χ1) is 6.90. The molecule has 1 aliphatic rings. The van der Waals surface area contributed by atoms with E-state index in [1.165, 1.54) is 0 Å². The van der Waals surface area contributed by atoms with Crippen molar-refractivity contribution in [2.75, 3.05) is 20.1 Å². The van der Waals surface area contributed by atoms with Gasteiger partial charge < -0.3 is 15.1 Å². The van der Waals surface area contributed by atoms with Crippen molar-refractivity contribution in [3.05, 3.63) is 17.8 Å². The summed E-state index contributed by atoms with van der Waals surface area (Å²) in [5.41, 5.74) is 1.00. The zero-order valence-corrected chi connectivity index (χ0v) is 8.55. The van der Waals surface area contributed by atoms with E-state index in [-0.39, 0.29) is 0 Å². The number of nitrogens with one attached hydrogen (secondary N) is 2. The van der Waals surface area contributed by atoms with E-state index in [1.807, 2.05) is 7.05 Å². The van der Waals surface area contributed by atoms with Crippen molar-refractivity contribution >= 4 is 0 Å². The SMILES string of the molecule is CNCc1coc(C2CCNCC2)n1. The number of rotatable bonds is 3. The fourth-order valence-corrected chi connectivity index (χ4v) is 1.84. The Morgan fingerprint density at radius 3 is 3.07 bits per heavy atom. The highest BCUT2D eigenvalue weighted by atomic mass is 16.3. The highest BCUT2D eigenvalue weighted by Gasteiger charge is 2.19. The average Bonchev–Trinajstić information content (AvgIpc) is 2.68. The Kier molecular flexibility index (Phi) is 3.16. The first-order valence-electron chi connectivity index (χ1n) is 5.20. The van der Waals surface area contributed by atoms with Gasteiger partial charge in [0, 0.05) is 12.5 Å². The summed E-state index contributed by atoms with van der Waals surface area (Å²) in [7, 11) is 1.92. The van der Waals surface area contributed by atoms with E-state index >= 15 is 0 Å². The predicted molar refractivity (Wildman–Crippen MR) is 54.1 cm³/mol. The number of nitrogens with zero attached hydrogens (tertiary/aromatic N) is 1. The zero-order chi connectivity index (χ0) is 9.80. The summed E-state index contributed by atoms with van der Waals surface area (Å²) in [6, 6.07) is 0. The number of hydrogen-bond acceptors (Lipinski definition) is 4. The van der Waals surface area contributed by atoms with E-state index in [4.69, 9.17) is 4.42 Å². The summed E-state index contributed by atoms with van der Waals surface area (Å²) >= 11 is 0. The lowest BCUT2D eigenvalue weighted by atomic mass is 9.98. The summed E-state index contributed by atoms with van der Waals surface area (Å²) in [6.07, 6.45) is 4.03. The van der Waals surface area contributed by atoms with Crippen molar-refractivity contribution in [3.63, 3.8) is 0 Å². The van der Waals surface area contributed by atoms with Gasteiger partial charge >= 0.3 is 0 Å². The minimum atomic E-state index is 0.516. The van der Waals surface area contributed by atoms with E-state index in [2.05, 4.69) is 15.6 Å². The summed E-state index contributed by atoms with van der Waals surface area (Å²) in [5.74, 6) is 1.43. The van der Waals surface area contributed by atoms with Gasteiger partial charge in [-0.15, -0.1) is 0 Å². The maximum absolute atomic E-state index is 5.48. The maximum atomic E-state index is 5.48. The molecule has 4 heteroatoms. The molecule has 0 spiro atoms. The Hall–Kier alpha value is -0.870. The molecule has 2 rings (SSSR count). The van der Waals surface area contributed by atoms with Crippen LogP contribution in [0.2, 0.25) is 0 Å². The Balaban J connectivity index is 2.00. The third kappa shape index (κ3) is 2.13. The third-order valence-corrected chi connectivity index (χ3v) is 2.62. The molecule has 0 bridgehead atoms. The Morgan fingerprint density at radius 1 is 1.57 bits per heavy atom. The number of piperidine rings is 1. The van der Waals surface area contributed by atoms with E-state index in [0.29, 0.717) is 5.92 Å². The van der Waals surface area contributed by atoms with Crippen molar-refractivity contribution < 1.29 is 4.42 Å². The Morgan fingerprint density at radius 2 is 2.36 bits per heavy atom. The summed E-state index contributed by atoms with van der Waals surface area (Å²) in [6.45, 7) is 2.94. The van der Waals surface area contributed by atoms with Crippen LogP contribution >= 0.6 is 0 Å². The molecule has 0 saturated carbocycles. The van der Waals surface area contributed by atoms with Gasteiger partial charge in [-0.1, -0.05) is 0 Å². The number of aromatic nitrogens is 1. The molecule has 2 N–H and O–H groups in total. The van der Waals surface area contributed by atoms with Crippen molar-refractivity contribution in [2.24, 2.45) is 0 Å². The van der Waals surface area contributed by atoms with Crippen LogP contribution in [0, 0.1) is 0 Å². The first kappa shape index (κ1) is 9.68. The Bertz CT molecular complexity index is 279. The minimum Gasteiger partial charge on any atom is -0.448 e. The van der Waals surface area contributed by atoms with Crippen LogP contribution in [0.25, 0.3) is 0 Å². The fourth-order valence-electron chi connectivity index (χ4n) is 1.84. The average molecular weight is 195 g/mol. The quantitative estimate of drug-likeness (QED) is 0.751. The van der Waals surface area contributed by atoms with E-state index < -0.39 is 0 Å². The normalized spacial score (nSPS) is 18.6. The van der Waals surface area contributed by atoms with Gasteiger partial charge in [0.1, 0.15) is 6.26 Å². The number of hydrogen-bond donors (Lipinski definition) is 2. The van der Waals surface area contributed by atoms with Crippen LogP contribution < -0.4 is 10.6 Å². The van der Waals surface area contributed by atoms with Gasteiger partial charge in [0.25, 0.3) is 0 Å². The molecule has 0 atom stereocenters. The van der Waals surface area contributed by atoms with Crippen LogP contribution in [0.1, 0.15) is 30.3 Å². The van der Waals surface area contributed by atoms with Crippen LogP contribution in [-0.4, -0.2) is 25.1 Å². The minimum absolute atomic E-state index is 0.516. The Labute approximate surface area is 84.1 Å². The van der Waals surface area contributed by atoms with Crippen LogP contribution in [-0.2, 0) is 6.54 Å². The van der Waals surface area contributed by atoms with Gasteiger partial charge in [-0.25, -0.2) is 4.98 Å². The molecule has 1 fully saturated rings. The van der Waals surface area contributed by atoms with Crippen LogP contribution in [0.3, 0.4) is 0 Å². The second-order valence-electron chi connectivity index (χ2n) is 3.73. The third-order valence-electron chi connectivity index (χ3n) is 2.62. The maximum Gasteiger partial charge on any atom is 0.197 e. The highest BCUT2D eigenvalue weighted by Crippen LogP contribution is 2.24. The zero-order valence-electron chi connectivity index (χ0n) is 8.55. The predicted octanol–water partition coefficient (Wildman–Crippen LogP) is 0.861.